The summed E-state index contributed by atoms with van der Waals surface area (Å²) in [5, 5.41) is 15.0. The number of amides is 6. The molecule has 9 rings (SSSR count). The minimum Gasteiger partial charge on any atom is -0.478 e. The number of imide groups is 2. The number of carboxylic acids is 1. The monoisotopic (exact) mass is 682 g/mol. The van der Waals surface area contributed by atoms with Crippen LogP contribution >= 0.6 is 0 Å². The van der Waals surface area contributed by atoms with Crippen LogP contribution in [0.1, 0.15) is 43.9 Å². The van der Waals surface area contributed by atoms with Gasteiger partial charge in [0.05, 0.1) is 52.0 Å². The van der Waals surface area contributed by atoms with Crippen LogP contribution in [0.3, 0.4) is 0 Å². The first-order valence-corrected chi connectivity index (χ1v) is 16.9. The first-order valence-electron chi connectivity index (χ1n) is 16.9. The molecule has 4 aliphatic carbocycles. The third kappa shape index (κ3) is 4.62. The lowest BCUT2D eigenvalue weighted by atomic mass is 9.85. The lowest BCUT2D eigenvalue weighted by Gasteiger charge is -2.18. The fourth-order valence-electron chi connectivity index (χ4n) is 9.12. The van der Waals surface area contributed by atoms with Crippen molar-refractivity contribution in [2.75, 3.05) is 20.4 Å². The molecule has 3 aromatic rings. The van der Waals surface area contributed by atoms with Gasteiger partial charge in [0.1, 0.15) is 0 Å². The van der Waals surface area contributed by atoms with Gasteiger partial charge in [0.25, 0.3) is 11.8 Å². The van der Waals surface area contributed by atoms with Crippen molar-refractivity contribution < 1.29 is 38.7 Å². The average Bonchev–Trinajstić information content (AvgIpc) is 3.99. The molecule has 0 unspecified atom stereocenters. The molecule has 254 valence electrons. The quantitative estimate of drug-likeness (QED) is 0.241. The minimum absolute atomic E-state index is 0.0256. The van der Waals surface area contributed by atoms with E-state index in [1.165, 1.54) is 76.5 Å². The van der Waals surface area contributed by atoms with Gasteiger partial charge >= 0.3 is 5.97 Å². The van der Waals surface area contributed by atoms with Crippen LogP contribution in [0, 0.1) is 47.3 Å². The van der Waals surface area contributed by atoms with E-state index >= 15 is 0 Å². The van der Waals surface area contributed by atoms with Gasteiger partial charge in [0.15, 0.2) is 0 Å². The van der Waals surface area contributed by atoms with Crippen LogP contribution in [-0.4, -0.2) is 46.5 Å². The maximum Gasteiger partial charge on any atom is 0.335 e. The van der Waals surface area contributed by atoms with Crippen molar-refractivity contribution in [1.82, 2.24) is 0 Å². The van der Waals surface area contributed by atoms with Gasteiger partial charge in [-0.05, 0) is 103 Å². The zero-order valence-electron chi connectivity index (χ0n) is 26.9. The van der Waals surface area contributed by atoms with Gasteiger partial charge in [-0.25, -0.2) is 4.79 Å². The van der Waals surface area contributed by atoms with Gasteiger partial charge in [0, 0.05) is 11.1 Å². The van der Waals surface area contributed by atoms with E-state index in [1.54, 1.807) is 0 Å². The number of nitrogens with one attached hydrogen (secondary N) is 2. The number of allylic oxidation sites excluding steroid dienone is 4. The summed E-state index contributed by atoms with van der Waals surface area (Å²) in [5.41, 5.74) is 1.15. The number of hydrogen-bond donors (Lipinski definition) is 3. The van der Waals surface area contributed by atoms with Gasteiger partial charge in [-0.2, -0.15) is 0 Å². The summed E-state index contributed by atoms with van der Waals surface area (Å²) in [5.74, 6) is -4.45. The Bertz CT molecular complexity index is 2110. The van der Waals surface area contributed by atoms with Crippen molar-refractivity contribution in [3.05, 3.63) is 108 Å². The molecule has 4 bridgehead atoms. The third-order valence-corrected chi connectivity index (χ3v) is 11.5. The van der Waals surface area contributed by atoms with E-state index in [1.807, 2.05) is 24.3 Å². The summed E-state index contributed by atoms with van der Waals surface area (Å²) in [6.45, 7) is 0. The van der Waals surface area contributed by atoms with Crippen LogP contribution < -0.4 is 20.4 Å². The highest BCUT2D eigenvalue weighted by molar-refractivity contribution is 6.24. The highest BCUT2D eigenvalue weighted by atomic mass is 16.4. The van der Waals surface area contributed by atoms with E-state index in [2.05, 4.69) is 10.6 Å². The molecule has 3 aromatic carbocycles. The number of aromatic carboxylic acids is 1. The van der Waals surface area contributed by atoms with E-state index < -0.39 is 17.8 Å². The number of carboxylic acid groups (broad SMARTS) is 1. The Kier molecular flexibility index (Phi) is 6.76. The molecule has 12 nitrogen and oxygen atoms in total. The molecular formula is C39H30N4O8. The third-order valence-electron chi connectivity index (χ3n) is 11.5. The first-order chi connectivity index (χ1) is 24.6. The summed E-state index contributed by atoms with van der Waals surface area (Å²) in [7, 11) is 0. The fraction of sp³-hybridized carbons (Fsp3) is 0.256. The Balaban J connectivity index is 0.904. The Hall–Kier alpha value is -6.17. The number of fused-ring (bicyclic) bond motifs is 10. The summed E-state index contributed by atoms with van der Waals surface area (Å²) >= 11 is 0. The number of carbonyl (C=O) groups is 7. The van der Waals surface area contributed by atoms with E-state index in [0.717, 1.165) is 12.8 Å². The molecule has 0 radical (unpaired) electrons. The molecule has 2 heterocycles. The minimum atomic E-state index is -1.24. The van der Waals surface area contributed by atoms with Crippen molar-refractivity contribution in [1.29, 1.82) is 0 Å². The second kappa shape index (κ2) is 11.2. The summed E-state index contributed by atoms with van der Waals surface area (Å²) in [6, 6.07) is 15.9. The topological polar surface area (TPSA) is 170 Å². The van der Waals surface area contributed by atoms with E-state index in [4.69, 9.17) is 0 Å². The first kappa shape index (κ1) is 30.9. The number of hydrogen-bond acceptors (Lipinski definition) is 7. The summed E-state index contributed by atoms with van der Waals surface area (Å²) < 4.78 is 0. The molecule has 4 fully saturated rings. The van der Waals surface area contributed by atoms with Gasteiger partial charge in [0.2, 0.25) is 23.6 Å². The van der Waals surface area contributed by atoms with Gasteiger partial charge in [-0.15, -0.1) is 0 Å². The maximum atomic E-state index is 13.4. The number of nitrogens with zero attached hydrogens (tertiary/aromatic N) is 2. The highest BCUT2D eigenvalue weighted by Gasteiger charge is 2.60. The average molecular weight is 683 g/mol. The fourth-order valence-corrected chi connectivity index (χ4v) is 9.12. The van der Waals surface area contributed by atoms with Crippen molar-refractivity contribution in [2.45, 2.75) is 12.8 Å². The number of rotatable bonds is 7. The predicted octanol–water partition coefficient (Wildman–Crippen LogP) is 4.51. The predicted molar refractivity (Wildman–Crippen MR) is 183 cm³/mol. The number of anilines is 4. The maximum absolute atomic E-state index is 13.4. The van der Waals surface area contributed by atoms with Crippen molar-refractivity contribution in [3.8, 4) is 0 Å². The molecule has 0 spiro atoms. The Morgan fingerprint density at radius 1 is 0.510 bits per heavy atom. The molecule has 3 N–H and O–H groups in total. The van der Waals surface area contributed by atoms with Crippen LogP contribution in [0.15, 0.2) is 91.0 Å². The molecule has 6 amide bonds. The van der Waals surface area contributed by atoms with E-state index in [-0.39, 0.29) is 99.0 Å². The van der Waals surface area contributed by atoms with Gasteiger partial charge < -0.3 is 15.7 Å². The molecule has 2 saturated carbocycles. The molecule has 6 aliphatic rings. The molecule has 12 heteroatoms. The Labute approximate surface area is 290 Å². The van der Waals surface area contributed by atoms with Crippen LogP contribution in [0.4, 0.5) is 22.7 Å². The molecular weight excluding hydrogens is 652 g/mol. The number of benzene rings is 3. The van der Waals surface area contributed by atoms with Crippen LogP contribution in [0.25, 0.3) is 0 Å². The zero-order valence-corrected chi connectivity index (χ0v) is 26.9. The lowest BCUT2D eigenvalue weighted by molar-refractivity contribution is -0.124. The number of carbonyl (C=O) groups excluding carboxylic acids is 6. The summed E-state index contributed by atoms with van der Waals surface area (Å²) in [6.07, 6.45) is 9.73. The van der Waals surface area contributed by atoms with Crippen molar-refractivity contribution in [2.24, 2.45) is 47.3 Å². The molecule has 2 aliphatic heterocycles. The van der Waals surface area contributed by atoms with Crippen LogP contribution in [0.5, 0.6) is 0 Å². The molecule has 8 atom stereocenters. The van der Waals surface area contributed by atoms with Crippen LogP contribution in [0.2, 0.25) is 0 Å². The standard InChI is InChI=1S/C39H30N4O8/c44-33(18-5-10-25(11-6-18)42-35(46)29-20-1-2-21(15-20)30(29)36(42)47)40-27-14-9-24(39(50)51)17-28(27)41-34(45)19-7-12-26(13-8-19)43-37(48)31-22-3-4-23(16-22)32(31)38(43)49/h1-14,17,20-23,29-32H,15-16H2,(H,40,44)(H,41,45)(H,50,51)/t20-,21-,22-,23+,29-,30+,31-,32+/m0/s1. The Morgan fingerprint density at radius 2 is 0.863 bits per heavy atom. The van der Waals surface area contributed by atoms with Crippen LogP contribution in [-0.2, 0) is 19.2 Å². The molecule has 0 aromatic heterocycles. The largest absolute Gasteiger partial charge is 0.478 e. The zero-order chi connectivity index (χ0) is 35.3. The summed E-state index contributed by atoms with van der Waals surface area (Å²) in [4.78, 5) is 93.7. The second-order valence-corrected chi connectivity index (χ2v) is 14.1. The van der Waals surface area contributed by atoms with Gasteiger partial charge in [-0.1, -0.05) is 24.3 Å². The van der Waals surface area contributed by atoms with Crippen molar-refractivity contribution in [3.63, 3.8) is 0 Å². The Morgan fingerprint density at radius 3 is 1.24 bits per heavy atom. The van der Waals surface area contributed by atoms with E-state index in [9.17, 15) is 38.7 Å². The normalized spacial score (nSPS) is 29.3. The van der Waals surface area contributed by atoms with Crippen molar-refractivity contribution >= 4 is 64.2 Å². The smallest absolute Gasteiger partial charge is 0.335 e. The SMILES string of the molecule is O=C(O)c1ccc(NC(=O)c2ccc(N3C(=O)[C@@H]4[C@H](C3=O)[C@H]3C=C[C@H]4C3)cc2)c(NC(=O)c2ccc(N3C(=O)[C@@H]4[C@H](C3=O)[C@@H]3C=C[C@H]4C3)cc2)c1. The lowest BCUT2D eigenvalue weighted by Crippen LogP contribution is -2.32. The van der Waals surface area contributed by atoms with E-state index in [0.29, 0.717) is 11.4 Å². The highest BCUT2D eigenvalue weighted by Crippen LogP contribution is 2.54. The molecule has 51 heavy (non-hydrogen) atoms. The molecule has 2 saturated heterocycles. The van der Waals surface area contributed by atoms with Gasteiger partial charge in [-0.3, -0.25) is 38.6 Å². The second-order valence-electron chi connectivity index (χ2n) is 14.1.